The third-order valence-corrected chi connectivity index (χ3v) is 2.94. The van der Waals surface area contributed by atoms with Gasteiger partial charge >= 0.3 is 7.12 Å². The van der Waals surface area contributed by atoms with Crippen LogP contribution in [0, 0.1) is 0 Å². The molecule has 68 valence electrons. The molecule has 0 aliphatic heterocycles. The van der Waals surface area contributed by atoms with E-state index in [9.17, 15) is 0 Å². The van der Waals surface area contributed by atoms with Gasteiger partial charge in [0.25, 0.3) is 0 Å². The fraction of sp³-hybridized carbons (Fsp3) is 0.400. The second-order valence-electron chi connectivity index (χ2n) is 3.67. The van der Waals surface area contributed by atoms with Gasteiger partial charge in [0.05, 0.1) is 0 Å². The van der Waals surface area contributed by atoms with Gasteiger partial charge in [-0.3, -0.25) is 0 Å². The van der Waals surface area contributed by atoms with Gasteiger partial charge in [-0.1, -0.05) is 36.8 Å². The minimum absolute atomic E-state index is 0.0439. The first kappa shape index (κ1) is 8.79. The Morgan fingerprint density at radius 2 is 1.77 bits per heavy atom. The Morgan fingerprint density at radius 3 is 2.23 bits per heavy atom. The normalized spacial score (nSPS) is 26.6. The van der Waals surface area contributed by atoms with Gasteiger partial charge in [0, 0.05) is 5.82 Å². The molecule has 1 aliphatic carbocycles. The maximum Gasteiger partial charge on any atom is 0.455 e. The van der Waals surface area contributed by atoms with E-state index in [2.05, 4.69) is 12.1 Å². The standard InChI is InChI=1S/C10H13BO2/c12-11(13)10-7-6-9(10)8-4-2-1-3-5-8/h1-5,9-10,12-13H,6-7H2. The Bertz CT molecular complexity index is 274. The maximum absolute atomic E-state index is 9.06. The highest BCUT2D eigenvalue weighted by molar-refractivity contribution is 6.43. The van der Waals surface area contributed by atoms with Crippen LogP contribution in [-0.2, 0) is 0 Å². The third-order valence-electron chi connectivity index (χ3n) is 2.94. The minimum Gasteiger partial charge on any atom is -0.427 e. The van der Waals surface area contributed by atoms with Crippen LogP contribution in [0.3, 0.4) is 0 Å². The zero-order valence-corrected chi connectivity index (χ0v) is 7.43. The second-order valence-corrected chi connectivity index (χ2v) is 3.67. The van der Waals surface area contributed by atoms with Gasteiger partial charge in [-0.05, 0) is 17.9 Å². The lowest BCUT2D eigenvalue weighted by Gasteiger charge is -2.36. The first-order valence-corrected chi connectivity index (χ1v) is 4.70. The molecule has 1 aliphatic rings. The van der Waals surface area contributed by atoms with E-state index in [0.717, 1.165) is 12.8 Å². The summed E-state index contributed by atoms with van der Waals surface area (Å²) in [5.74, 6) is 0.392. The van der Waals surface area contributed by atoms with E-state index in [4.69, 9.17) is 10.0 Å². The number of hydrogen-bond donors (Lipinski definition) is 2. The van der Waals surface area contributed by atoms with Crippen molar-refractivity contribution >= 4 is 7.12 Å². The molecule has 13 heavy (non-hydrogen) atoms. The van der Waals surface area contributed by atoms with Gasteiger partial charge < -0.3 is 10.0 Å². The summed E-state index contributed by atoms with van der Waals surface area (Å²) >= 11 is 0. The monoisotopic (exact) mass is 176 g/mol. The van der Waals surface area contributed by atoms with Crippen LogP contribution < -0.4 is 0 Å². The van der Waals surface area contributed by atoms with Crippen molar-refractivity contribution in [2.24, 2.45) is 0 Å². The molecule has 3 heteroatoms. The predicted molar refractivity (Wildman–Crippen MR) is 52.4 cm³/mol. The molecule has 2 atom stereocenters. The molecule has 2 N–H and O–H groups in total. The van der Waals surface area contributed by atoms with Crippen LogP contribution in [0.15, 0.2) is 30.3 Å². The Hall–Kier alpha value is -0.795. The van der Waals surface area contributed by atoms with Crippen LogP contribution in [-0.4, -0.2) is 17.2 Å². The summed E-state index contributed by atoms with van der Waals surface area (Å²) in [7, 11) is -1.15. The van der Waals surface area contributed by atoms with Gasteiger partial charge in [0.1, 0.15) is 0 Å². The predicted octanol–water partition coefficient (Wildman–Crippen LogP) is 1.41. The van der Waals surface area contributed by atoms with Crippen molar-refractivity contribution in [2.45, 2.75) is 24.6 Å². The molecule has 2 unspecified atom stereocenters. The van der Waals surface area contributed by atoms with Crippen LogP contribution in [0.5, 0.6) is 0 Å². The van der Waals surface area contributed by atoms with Crippen LogP contribution in [0.25, 0.3) is 0 Å². The molecule has 0 saturated heterocycles. The van der Waals surface area contributed by atoms with Gasteiger partial charge in [0.2, 0.25) is 0 Å². The summed E-state index contributed by atoms with van der Waals surface area (Å²) in [6.45, 7) is 0. The average molecular weight is 176 g/mol. The lowest BCUT2D eigenvalue weighted by Crippen LogP contribution is -2.32. The van der Waals surface area contributed by atoms with E-state index in [-0.39, 0.29) is 5.82 Å². The number of benzene rings is 1. The first-order chi connectivity index (χ1) is 6.29. The summed E-state index contributed by atoms with van der Waals surface area (Å²) < 4.78 is 0. The quantitative estimate of drug-likeness (QED) is 0.668. The lowest BCUT2D eigenvalue weighted by molar-refractivity contribution is 0.306. The van der Waals surface area contributed by atoms with Crippen LogP contribution in [0.4, 0.5) is 0 Å². The Labute approximate surface area is 78.4 Å². The third kappa shape index (κ3) is 1.62. The van der Waals surface area contributed by atoms with E-state index in [1.165, 1.54) is 5.56 Å². The fourth-order valence-corrected chi connectivity index (χ4v) is 2.00. The summed E-state index contributed by atoms with van der Waals surface area (Å²) in [4.78, 5) is 0. The molecule has 2 rings (SSSR count). The number of hydrogen-bond acceptors (Lipinski definition) is 2. The van der Waals surface area contributed by atoms with Crippen molar-refractivity contribution in [1.82, 2.24) is 0 Å². The summed E-state index contributed by atoms with van der Waals surface area (Å²) in [6, 6.07) is 10.1. The van der Waals surface area contributed by atoms with Crippen molar-refractivity contribution in [3.63, 3.8) is 0 Å². The van der Waals surface area contributed by atoms with Crippen molar-refractivity contribution < 1.29 is 10.0 Å². The van der Waals surface area contributed by atoms with Crippen LogP contribution in [0.2, 0.25) is 5.82 Å². The second kappa shape index (κ2) is 3.52. The molecule has 0 bridgehead atoms. The van der Waals surface area contributed by atoms with Gasteiger partial charge in [-0.2, -0.15) is 0 Å². The van der Waals surface area contributed by atoms with Crippen molar-refractivity contribution in [2.75, 3.05) is 0 Å². The van der Waals surface area contributed by atoms with Gasteiger partial charge in [-0.15, -0.1) is 0 Å². The summed E-state index contributed by atoms with van der Waals surface area (Å²) in [6.07, 6.45) is 2.00. The molecule has 0 heterocycles. The van der Waals surface area contributed by atoms with E-state index >= 15 is 0 Å². The van der Waals surface area contributed by atoms with Crippen LogP contribution >= 0.6 is 0 Å². The molecule has 0 aromatic heterocycles. The number of rotatable bonds is 2. The SMILES string of the molecule is OB(O)C1CCC1c1ccccc1. The van der Waals surface area contributed by atoms with Crippen molar-refractivity contribution in [3.8, 4) is 0 Å². The van der Waals surface area contributed by atoms with Gasteiger partial charge in [-0.25, -0.2) is 0 Å². The molecule has 0 radical (unpaired) electrons. The average Bonchev–Trinajstić information content (AvgIpc) is 2.02. The highest BCUT2D eigenvalue weighted by Gasteiger charge is 2.39. The molecule has 1 fully saturated rings. The molecule has 0 spiro atoms. The van der Waals surface area contributed by atoms with Crippen molar-refractivity contribution in [1.29, 1.82) is 0 Å². The summed E-state index contributed by atoms with van der Waals surface area (Å²) in [5.41, 5.74) is 1.23. The Kier molecular flexibility index (Phi) is 2.38. The highest BCUT2D eigenvalue weighted by atomic mass is 16.4. The zero-order chi connectivity index (χ0) is 9.26. The molecule has 1 aromatic carbocycles. The first-order valence-electron chi connectivity index (χ1n) is 4.70. The van der Waals surface area contributed by atoms with Crippen molar-refractivity contribution in [3.05, 3.63) is 35.9 Å². The van der Waals surface area contributed by atoms with E-state index in [1.807, 2.05) is 18.2 Å². The fourth-order valence-electron chi connectivity index (χ4n) is 2.00. The molecular weight excluding hydrogens is 163 g/mol. The molecule has 1 saturated carbocycles. The maximum atomic E-state index is 9.06. The van der Waals surface area contributed by atoms with Crippen LogP contribution in [0.1, 0.15) is 24.3 Å². The Morgan fingerprint density at radius 1 is 1.08 bits per heavy atom. The zero-order valence-electron chi connectivity index (χ0n) is 7.43. The molecule has 0 amide bonds. The lowest BCUT2D eigenvalue weighted by atomic mass is 9.53. The molecule has 1 aromatic rings. The van der Waals surface area contributed by atoms with E-state index in [0.29, 0.717) is 5.92 Å². The molecule has 2 nitrogen and oxygen atoms in total. The van der Waals surface area contributed by atoms with E-state index in [1.54, 1.807) is 0 Å². The Balaban J connectivity index is 2.11. The highest BCUT2D eigenvalue weighted by Crippen LogP contribution is 2.47. The largest absolute Gasteiger partial charge is 0.455 e. The smallest absolute Gasteiger partial charge is 0.427 e. The van der Waals surface area contributed by atoms with Gasteiger partial charge in [0.15, 0.2) is 0 Å². The topological polar surface area (TPSA) is 40.5 Å². The molecular formula is C10H13BO2. The minimum atomic E-state index is -1.15. The summed E-state index contributed by atoms with van der Waals surface area (Å²) in [5, 5.41) is 18.1. The van der Waals surface area contributed by atoms with E-state index < -0.39 is 7.12 Å².